The molecule has 116 valence electrons. The highest BCUT2D eigenvalue weighted by molar-refractivity contribution is 5.99. The van der Waals surface area contributed by atoms with Crippen LogP contribution in [0.2, 0.25) is 0 Å². The van der Waals surface area contributed by atoms with Gasteiger partial charge >= 0.3 is 0 Å². The lowest BCUT2D eigenvalue weighted by Gasteiger charge is -2.51. The second kappa shape index (κ2) is 6.43. The Bertz CT molecular complexity index is 502. The Hall–Kier alpha value is -1.62. The highest BCUT2D eigenvalue weighted by atomic mass is 16.5. The van der Waals surface area contributed by atoms with Crippen LogP contribution in [-0.4, -0.2) is 36.2 Å². The van der Waals surface area contributed by atoms with E-state index >= 15 is 0 Å². The Labute approximate surface area is 126 Å². The van der Waals surface area contributed by atoms with Crippen molar-refractivity contribution < 1.29 is 9.53 Å². The molecule has 2 rings (SSSR count). The van der Waals surface area contributed by atoms with E-state index in [1.807, 2.05) is 13.8 Å². The molecule has 2 atom stereocenters. The van der Waals surface area contributed by atoms with Crippen molar-refractivity contribution in [3.8, 4) is 0 Å². The zero-order chi connectivity index (χ0) is 15.5. The fourth-order valence-corrected chi connectivity index (χ4v) is 2.75. The van der Waals surface area contributed by atoms with Gasteiger partial charge in [-0.15, -0.1) is 0 Å². The third-order valence-electron chi connectivity index (χ3n) is 4.25. The smallest absolute Gasteiger partial charge is 0.255 e. The van der Waals surface area contributed by atoms with E-state index in [-0.39, 0.29) is 23.5 Å². The Balaban J connectivity index is 2.03. The topological polar surface area (TPSA) is 63.2 Å². The second-order valence-corrected chi connectivity index (χ2v) is 5.96. The number of carbonyl (C=O) groups is 1. The molecule has 1 amide bonds. The molecule has 1 saturated carbocycles. The molecule has 5 heteroatoms. The van der Waals surface area contributed by atoms with Gasteiger partial charge in [0.15, 0.2) is 0 Å². The van der Waals surface area contributed by atoms with Crippen LogP contribution in [-0.2, 0) is 4.74 Å². The molecule has 0 bridgehead atoms. The number of amides is 1. The van der Waals surface area contributed by atoms with Gasteiger partial charge in [0, 0.05) is 30.8 Å². The minimum atomic E-state index is -0.0768. The van der Waals surface area contributed by atoms with Gasteiger partial charge in [0.05, 0.1) is 11.7 Å². The Morgan fingerprint density at radius 2 is 2.24 bits per heavy atom. The van der Waals surface area contributed by atoms with E-state index in [9.17, 15) is 4.79 Å². The normalized spacial score (nSPS) is 23.2. The SMILES string of the molecule is CCNc1ncccc1C(=O)NC1CC(OCC)C1(C)C. The van der Waals surface area contributed by atoms with Crippen LogP contribution < -0.4 is 10.6 Å². The van der Waals surface area contributed by atoms with Crippen molar-refractivity contribution in [2.75, 3.05) is 18.5 Å². The van der Waals surface area contributed by atoms with Crippen LogP contribution >= 0.6 is 0 Å². The maximum Gasteiger partial charge on any atom is 0.255 e. The van der Waals surface area contributed by atoms with Gasteiger partial charge < -0.3 is 15.4 Å². The van der Waals surface area contributed by atoms with Gasteiger partial charge in [-0.25, -0.2) is 4.98 Å². The van der Waals surface area contributed by atoms with Gasteiger partial charge in [-0.2, -0.15) is 0 Å². The molecule has 1 heterocycles. The number of carbonyl (C=O) groups excluding carboxylic acids is 1. The average Bonchev–Trinajstić information content (AvgIpc) is 2.47. The van der Waals surface area contributed by atoms with Gasteiger partial charge in [-0.3, -0.25) is 4.79 Å². The van der Waals surface area contributed by atoms with Crippen LogP contribution in [0, 0.1) is 5.41 Å². The molecule has 5 nitrogen and oxygen atoms in total. The predicted molar refractivity (Wildman–Crippen MR) is 83.5 cm³/mol. The summed E-state index contributed by atoms with van der Waals surface area (Å²) in [5, 5.41) is 6.23. The summed E-state index contributed by atoms with van der Waals surface area (Å²) in [6.45, 7) is 9.70. The molecular weight excluding hydrogens is 266 g/mol. The second-order valence-electron chi connectivity index (χ2n) is 5.96. The zero-order valence-corrected chi connectivity index (χ0v) is 13.3. The number of ether oxygens (including phenoxy) is 1. The van der Waals surface area contributed by atoms with E-state index in [1.54, 1.807) is 18.3 Å². The third kappa shape index (κ3) is 3.18. The van der Waals surface area contributed by atoms with E-state index in [4.69, 9.17) is 4.74 Å². The van der Waals surface area contributed by atoms with Crippen LogP contribution in [0.3, 0.4) is 0 Å². The molecule has 1 aromatic rings. The van der Waals surface area contributed by atoms with Crippen molar-refractivity contribution in [3.63, 3.8) is 0 Å². The molecule has 1 aromatic heterocycles. The van der Waals surface area contributed by atoms with E-state index in [1.165, 1.54) is 0 Å². The summed E-state index contributed by atoms with van der Waals surface area (Å²) in [6.07, 6.45) is 2.77. The largest absolute Gasteiger partial charge is 0.378 e. The fraction of sp³-hybridized carbons (Fsp3) is 0.625. The third-order valence-corrected chi connectivity index (χ3v) is 4.25. The van der Waals surface area contributed by atoms with E-state index in [0.29, 0.717) is 18.0 Å². The number of pyridine rings is 1. The Morgan fingerprint density at radius 1 is 1.48 bits per heavy atom. The maximum absolute atomic E-state index is 12.5. The minimum Gasteiger partial charge on any atom is -0.378 e. The lowest BCUT2D eigenvalue weighted by molar-refractivity contribution is -0.111. The van der Waals surface area contributed by atoms with Crippen molar-refractivity contribution in [2.24, 2.45) is 5.41 Å². The van der Waals surface area contributed by atoms with E-state index < -0.39 is 0 Å². The molecule has 1 aliphatic carbocycles. The van der Waals surface area contributed by atoms with Crippen molar-refractivity contribution >= 4 is 11.7 Å². The van der Waals surface area contributed by atoms with Crippen molar-refractivity contribution in [1.82, 2.24) is 10.3 Å². The van der Waals surface area contributed by atoms with Crippen LogP contribution in [0.25, 0.3) is 0 Å². The van der Waals surface area contributed by atoms with Crippen molar-refractivity contribution in [3.05, 3.63) is 23.9 Å². The van der Waals surface area contributed by atoms with Gasteiger partial charge in [0.1, 0.15) is 5.82 Å². The molecule has 1 aliphatic rings. The monoisotopic (exact) mass is 291 g/mol. The summed E-state index contributed by atoms with van der Waals surface area (Å²) in [6, 6.07) is 3.72. The lowest BCUT2D eigenvalue weighted by Crippen LogP contribution is -2.62. The summed E-state index contributed by atoms with van der Waals surface area (Å²) in [4.78, 5) is 16.7. The summed E-state index contributed by atoms with van der Waals surface area (Å²) in [7, 11) is 0. The number of aromatic nitrogens is 1. The lowest BCUT2D eigenvalue weighted by atomic mass is 9.64. The average molecular weight is 291 g/mol. The number of rotatable bonds is 6. The number of hydrogen-bond donors (Lipinski definition) is 2. The summed E-state index contributed by atoms with van der Waals surface area (Å²) in [5.74, 6) is 0.558. The number of anilines is 1. The van der Waals surface area contributed by atoms with Gasteiger partial charge in [0.2, 0.25) is 0 Å². The molecule has 21 heavy (non-hydrogen) atoms. The molecule has 1 fully saturated rings. The maximum atomic E-state index is 12.5. The standard InChI is InChI=1S/C16H25N3O2/c1-5-17-14-11(8-7-9-18-14)15(20)19-12-10-13(21-6-2)16(12,3)4/h7-9,12-13H,5-6,10H2,1-4H3,(H,17,18)(H,19,20). The first-order valence-corrected chi connectivity index (χ1v) is 7.62. The molecule has 0 aromatic carbocycles. The first-order valence-electron chi connectivity index (χ1n) is 7.62. The van der Waals surface area contributed by atoms with Crippen LogP contribution in [0.1, 0.15) is 44.5 Å². The van der Waals surface area contributed by atoms with Crippen LogP contribution in [0.5, 0.6) is 0 Å². The highest BCUT2D eigenvalue weighted by Gasteiger charge is 2.49. The molecular formula is C16H25N3O2. The van der Waals surface area contributed by atoms with Crippen LogP contribution in [0.15, 0.2) is 18.3 Å². The molecule has 0 spiro atoms. The molecule has 0 saturated heterocycles. The summed E-state index contributed by atoms with van der Waals surface area (Å²) < 4.78 is 5.70. The Kier molecular flexibility index (Phi) is 4.83. The quantitative estimate of drug-likeness (QED) is 0.845. The van der Waals surface area contributed by atoms with Gasteiger partial charge in [-0.1, -0.05) is 13.8 Å². The predicted octanol–water partition coefficient (Wildman–Crippen LogP) is 2.45. The minimum absolute atomic E-state index is 0.0355. The van der Waals surface area contributed by atoms with E-state index in [0.717, 1.165) is 13.0 Å². The first-order chi connectivity index (χ1) is 10.0. The van der Waals surface area contributed by atoms with Crippen LogP contribution in [0.4, 0.5) is 5.82 Å². The molecule has 2 unspecified atom stereocenters. The van der Waals surface area contributed by atoms with Gasteiger partial charge in [-0.05, 0) is 32.4 Å². The highest BCUT2D eigenvalue weighted by Crippen LogP contribution is 2.42. The fourth-order valence-electron chi connectivity index (χ4n) is 2.75. The Morgan fingerprint density at radius 3 is 2.86 bits per heavy atom. The zero-order valence-electron chi connectivity index (χ0n) is 13.3. The number of nitrogens with zero attached hydrogens (tertiary/aromatic N) is 1. The molecule has 2 N–H and O–H groups in total. The summed E-state index contributed by atoms with van der Waals surface area (Å²) >= 11 is 0. The van der Waals surface area contributed by atoms with Crippen molar-refractivity contribution in [2.45, 2.75) is 46.3 Å². The number of nitrogens with one attached hydrogen (secondary N) is 2. The first kappa shape index (κ1) is 15.8. The molecule has 0 aliphatic heterocycles. The number of hydrogen-bond acceptors (Lipinski definition) is 4. The van der Waals surface area contributed by atoms with Gasteiger partial charge in [0.25, 0.3) is 5.91 Å². The van der Waals surface area contributed by atoms with E-state index in [2.05, 4.69) is 29.5 Å². The van der Waals surface area contributed by atoms with Crippen molar-refractivity contribution in [1.29, 1.82) is 0 Å². The summed E-state index contributed by atoms with van der Waals surface area (Å²) in [5.41, 5.74) is 0.557. The molecule has 0 radical (unpaired) electrons.